The van der Waals surface area contributed by atoms with Gasteiger partial charge in [0, 0.05) is 29.7 Å². The Bertz CT molecular complexity index is 1060. The average Bonchev–Trinajstić information content (AvgIpc) is 3.34. The Labute approximate surface area is 166 Å². The van der Waals surface area contributed by atoms with Crippen molar-refractivity contribution in [2.24, 2.45) is 0 Å². The van der Waals surface area contributed by atoms with E-state index in [1.165, 1.54) is 0 Å². The second-order valence-electron chi connectivity index (χ2n) is 6.71. The largest absolute Gasteiger partial charge is 0.455 e. The molecule has 0 radical (unpaired) electrons. The van der Waals surface area contributed by atoms with Crippen molar-refractivity contribution in [3.63, 3.8) is 0 Å². The van der Waals surface area contributed by atoms with Crippen LogP contribution in [0.4, 0.5) is 11.4 Å². The highest BCUT2D eigenvalue weighted by Crippen LogP contribution is 2.23. The number of hydrogen-bond acceptors (Lipinski definition) is 6. The number of fused-ring (bicyclic) bond motifs is 1. The van der Waals surface area contributed by atoms with Gasteiger partial charge in [0.1, 0.15) is 5.69 Å². The zero-order valence-electron chi connectivity index (χ0n) is 15.6. The fraction of sp³-hybridized carbons (Fsp3) is 0.238. The molecule has 0 aliphatic carbocycles. The maximum atomic E-state index is 12.0. The summed E-state index contributed by atoms with van der Waals surface area (Å²) in [6.07, 6.45) is 1.34. The van der Waals surface area contributed by atoms with Gasteiger partial charge in [-0.3, -0.25) is 14.4 Å². The van der Waals surface area contributed by atoms with Gasteiger partial charge in [0.25, 0.3) is 5.91 Å². The third kappa shape index (κ3) is 4.26. The molecule has 1 aliphatic heterocycles. The van der Waals surface area contributed by atoms with Crippen LogP contribution in [0.25, 0.3) is 11.0 Å². The molecule has 4 rings (SSSR count). The van der Waals surface area contributed by atoms with Crippen LogP contribution in [0.5, 0.6) is 0 Å². The molecule has 8 heteroatoms. The van der Waals surface area contributed by atoms with Crippen LogP contribution in [0.1, 0.15) is 18.5 Å². The summed E-state index contributed by atoms with van der Waals surface area (Å²) in [5.74, 6) is -0.913. The summed E-state index contributed by atoms with van der Waals surface area (Å²) >= 11 is 0. The smallest absolute Gasteiger partial charge is 0.312 e. The standard InChI is InChI=1S/C21H19N3O5/c25-19(22-14-7-9-15(10-8-14)24-11-3-6-20(24)26)13-28-21(27)12-17-16-4-1-2-5-18(16)29-23-17/h1-2,4-5,7-10H,3,6,11-13H2,(H,22,25). The number of rotatable bonds is 6. The summed E-state index contributed by atoms with van der Waals surface area (Å²) in [5.41, 5.74) is 2.42. The van der Waals surface area contributed by atoms with E-state index in [0.29, 0.717) is 29.9 Å². The van der Waals surface area contributed by atoms with Crippen molar-refractivity contribution in [2.75, 3.05) is 23.4 Å². The van der Waals surface area contributed by atoms with Gasteiger partial charge in [-0.25, -0.2) is 0 Å². The monoisotopic (exact) mass is 393 g/mol. The SMILES string of the molecule is O=C(COC(=O)Cc1noc2ccccc12)Nc1ccc(N2CCCC2=O)cc1. The Kier molecular flexibility index (Phi) is 5.24. The zero-order chi connectivity index (χ0) is 20.2. The van der Waals surface area contributed by atoms with E-state index in [-0.39, 0.29) is 12.3 Å². The van der Waals surface area contributed by atoms with Gasteiger partial charge < -0.3 is 19.5 Å². The van der Waals surface area contributed by atoms with E-state index in [9.17, 15) is 14.4 Å². The number of nitrogens with zero attached hydrogens (tertiary/aromatic N) is 2. The van der Waals surface area contributed by atoms with E-state index in [1.807, 2.05) is 12.1 Å². The molecule has 1 fully saturated rings. The normalized spacial score (nSPS) is 13.7. The number of para-hydroxylation sites is 1. The Morgan fingerprint density at radius 3 is 2.69 bits per heavy atom. The number of ether oxygens (including phenoxy) is 1. The molecule has 2 aromatic carbocycles. The molecule has 0 bridgehead atoms. The van der Waals surface area contributed by atoms with Gasteiger partial charge in [-0.05, 0) is 42.8 Å². The van der Waals surface area contributed by atoms with Gasteiger partial charge in [-0.2, -0.15) is 0 Å². The number of anilines is 2. The fourth-order valence-corrected chi connectivity index (χ4v) is 3.24. The van der Waals surface area contributed by atoms with Crippen molar-refractivity contribution >= 4 is 40.1 Å². The molecule has 0 saturated carbocycles. The Morgan fingerprint density at radius 2 is 1.93 bits per heavy atom. The highest BCUT2D eigenvalue weighted by Gasteiger charge is 2.21. The van der Waals surface area contributed by atoms with Crippen LogP contribution in [-0.2, 0) is 25.5 Å². The van der Waals surface area contributed by atoms with E-state index >= 15 is 0 Å². The second kappa shape index (κ2) is 8.14. The lowest BCUT2D eigenvalue weighted by Gasteiger charge is -2.16. The summed E-state index contributed by atoms with van der Waals surface area (Å²) < 4.78 is 10.2. The van der Waals surface area contributed by atoms with Crippen LogP contribution < -0.4 is 10.2 Å². The Morgan fingerprint density at radius 1 is 1.14 bits per heavy atom. The summed E-state index contributed by atoms with van der Waals surface area (Å²) in [5, 5.41) is 7.27. The molecule has 1 aliphatic rings. The number of esters is 1. The molecule has 0 spiro atoms. The number of nitrogens with one attached hydrogen (secondary N) is 1. The lowest BCUT2D eigenvalue weighted by atomic mass is 10.2. The molecule has 0 atom stereocenters. The molecule has 8 nitrogen and oxygen atoms in total. The van der Waals surface area contributed by atoms with Gasteiger partial charge in [-0.15, -0.1) is 0 Å². The van der Waals surface area contributed by atoms with Gasteiger partial charge in [0.2, 0.25) is 5.91 Å². The molecule has 2 heterocycles. The van der Waals surface area contributed by atoms with Crippen LogP contribution >= 0.6 is 0 Å². The summed E-state index contributed by atoms with van der Waals surface area (Å²) in [7, 11) is 0. The highest BCUT2D eigenvalue weighted by atomic mass is 16.5. The molecule has 3 aromatic rings. The first kappa shape index (κ1) is 18.7. The first-order valence-corrected chi connectivity index (χ1v) is 9.29. The zero-order valence-corrected chi connectivity index (χ0v) is 15.6. The summed E-state index contributed by atoms with van der Waals surface area (Å²) in [6, 6.07) is 14.2. The molecule has 1 saturated heterocycles. The molecule has 29 heavy (non-hydrogen) atoms. The van der Waals surface area contributed by atoms with Crippen molar-refractivity contribution in [1.82, 2.24) is 5.16 Å². The van der Waals surface area contributed by atoms with Gasteiger partial charge in [0.15, 0.2) is 12.2 Å². The maximum Gasteiger partial charge on any atom is 0.312 e. The van der Waals surface area contributed by atoms with E-state index in [2.05, 4.69) is 10.5 Å². The molecular formula is C21H19N3O5. The number of amides is 2. The third-order valence-corrected chi connectivity index (χ3v) is 4.66. The van der Waals surface area contributed by atoms with Crippen LogP contribution in [-0.4, -0.2) is 36.1 Å². The molecule has 148 valence electrons. The van der Waals surface area contributed by atoms with Crippen molar-refractivity contribution in [1.29, 1.82) is 0 Å². The van der Waals surface area contributed by atoms with Crippen molar-refractivity contribution in [3.8, 4) is 0 Å². The molecule has 2 amide bonds. The fourth-order valence-electron chi connectivity index (χ4n) is 3.24. The third-order valence-electron chi connectivity index (χ3n) is 4.66. The topological polar surface area (TPSA) is 102 Å². The van der Waals surface area contributed by atoms with Crippen molar-refractivity contribution in [2.45, 2.75) is 19.3 Å². The Hall–Kier alpha value is -3.68. The summed E-state index contributed by atoms with van der Waals surface area (Å²) in [6.45, 7) is 0.308. The molecule has 1 N–H and O–H groups in total. The van der Waals surface area contributed by atoms with Gasteiger partial charge >= 0.3 is 5.97 Å². The minimum Gasteiger partial charge on any atom is -0.455 e. The van der Waals surface area contributed by atoms with E-state index in [0.717, 1.165) is 17.5 Å². The van der Waals surface area contributed by atoms with E-state index < -0.39 is 18.5 Å². The van der Waals surface area contributed by atoms with Crippen LogP contribution in [0.2, 0.25) is 0 Å². The number of carbonyl (C=O) groups is 3. The molecule has 0 unspecified atom stereocenters. The van der Waals surface area contributed by atoms with Crippen molar-refractivity contribution in [3.05, 3.63) is 54.2 Å². The van der Waals surface area contributed by atoms with E-state index in [4.69, 9.17) is 9.26 Å². The Balaban J connectivity index is 1.27. The van der Waals surface area contributed by atoms with Crippen LogP contribution in [0.3, 0.4) is 0 Å². The minimum absolute atomic E-state index is 0.0805. The quantitative estimate of drug-likeness (QED) is 0.646. The number of carbonyl (C=O) groups excluding carboxylic acids is 3. The average molecular weight is 393 g/mol. The number of benzene rings is 2. The minimum atomic E-state index is -0.568. The van der Waals surface area contributed by atoms with Gasteiger partial charge in [-0.1, -0.05) is 17.3 Å². The van der Waals surface area contributed by atoms with Crippen LogP contribution in [0.15, 0.2) is 53.1 Å². The van der Waals surface area contributed by atoms with Crippen molar-refractivity contribution < 1.29 is 23.6 Å². The predicted molar refractivity (Wildman–Crippen MR) is 105 cm³/mol. The lowest BCUT2D eigenvalue weighted by molar-refractivity contribution is -0.146. The lowest BCUT2D eigenvalue weighted by Crippen LogP contribution is -2.24. The van der Waals surface area contributed by atoms with E-state index in [1.54, 1.807) is 41.3 Å². The van der Waals surface area contributed by atoms with Crippen LogP contribution in [0, 0.1) is 0 Å². The van der Waals surface area contributed by atoms with Gasteiger partial charge in [0.05, 0.1) is 6.42 Å². The number of hydrogen-bond donors (Lipinski definition) is 1. The maximum absolute atomic E-state index is 12.0. The number of aromatic nitrogens is 1. The first-order chi connectivity index (χ1) is 14.1. The summed E-state index contributed by atoms with van der Waals surface area (Å²) in [4.78, 5) is 37.5. The molecular weight excluding hydrogens is 374 g/mol. The second-order valence-corrected chi connectivity index (χ2v) is 6.71. The predicted octanol–water partition coefficient (Wildman–Crippen LogP) is 2.68. The first-order valence-electron chi connectivity index (χ1n) is 9.29. The molecule has 1 aromatic heterocycles. The highest BCUT2D eigenvalue weighted by molar-refractivity contribution is 5.96.